The summed E-state index contributed by atoms with van der Waals surface area (Å²) < 4.78 is 5.77. The number of likely N-dealkylation sites (tertiary alicyclic amines) is 1. The number of hydrogen-bond donors (Lipinski definition) is 2. The molecule has 0 saturated carbocycles. The fourth-order valence-corrected chi connectivity index (χ4v) is 7.62. The van der Waals surface area contributed by atoms with E-state index in [1.807, 2.05) is 61.5 Å². The van der Waals surface area contributed by atoms with E-state index in [2.05, 4.69) is 65.1 Å². The summed E-state index contributed by atoms with van der Waals surface area (Å²) in [6.07, 6.45) is 1.46. The molecule has 1 fully saturated rings. The first kappa shape index (κ1) is 31.8. The Kier molecular flexibility index (Phi) is 8.45. The quantitative estimate of drug-likeness (QED) is 0.306. The van der Waals surface area contributed by atoms with Gasteiger partial charge in [0.05, 0.1) is 18.6 Å². The van der Waals surface area contributed by atoms with Gasteiger partial charge >= 0.3 is 5.97 Å². The molecule has 1 saturated heterocycles. The normalized spacial score (nSPS) is 25.1. The minimum atomic E-state index is -1.00. The Morgan fingerprint density at radius 2 is 1.64 bits per heavy atom. The van der Waals surface area contributed by atoms with Crippen LogP contribution in [0.3, 0.4) is 0 Å². The van der Waals surface area contributed by atoms with E-state index in [1.54, 1.807) is 12.0 Å². The second-order valence-corrected chi connectivity index (χ2v) is 14.9. The maximum atomic E-state index is 15.0. The second kappa shape index (κ2) is 11.7. The Balaban J connectivity index is 1.64. The van der Waals surface area contributed by atoms with Crippen LogP contribution in [-0.2, 0) is 33.4 Å². The first-order valence-electron chi connectivity index (χ1n) is 15.8. The fourth-order valence-electron chi connectivity index (χ4n) is 7.62. The highest BCUT2D eigenvalue weighted by Gasteiger charge is 2.60. The average Bonchev–Trinajstić information content (AvgIpc) is 3.52. The third kappa shape index (κ3) is 5.65. The predicted molar refractivity (Wildman–Crippen MR) is 175 cm³/mol. The van der Waals surface area contributed by atoms with E-state index < -0.39 is 28.9 Å². The van der Waals surface area contributed by atoms with Crippen molar-refractivity contribution in [3.8, 4) is 5.75 Å². The van der Waals surface area contributed by atoms with Gasteiger partial charge in [-0.3, -0.25) is 4.79 Å². The average molecular weight is 597 g/mol. The molecule has 5 atom stereocenters. The highest BCUT2D eigenvalue weighted by atomic mass is 16.5. The molecule has 3 aromatic rings. The van der Waals surface area contributed by atoms with Crippen LogP contribution in [-0.4, -0.2) is 41.1 Å². The van der Waals surface area contributed by atoms with E-state index in [-0.39, 0.29) is 23.3 Å². The van der Waals surface area contributed by atoms with E-state index in [0.717, 1.165) is 28.9 Å². The number of carbonyl (C=O) groups is 2. The van der Waals surface area contributed by atoms with Crippen LogP contribution in [0.25, 0.3) is 0 Å². The van der Waals surface area contributed by atoms with E-state index in [0.29, 0.717) is 13.0 Å². The first-order valence-corrected chi connectivity index (χ1v) is 15.8. The summed E-state index contributed by atoms with van der Waals surface area (Å²) in [5.74, 6) is -0.670. The SMILES string of the molecule is COc1ccc(C(C)(C)C)cc1CN[C@H]1[C@H](C(C)(C)C)[C@@H](C(=O)O)N(C(=O)C2(C)CCc3ccccc32)[C@H]1c1ccccc1. The maximum absolute atomic E-state index is 15.0. The van der Waals surface area contributed by atoms with E-state index in [9.17, 15) is 14.7 Å². The molecule has 0 bridgehead atoms. The summed E-state index contributed by atoms with van der Waals surface area (Å²) >= 11 is 0. The Morgan fingerprint density at radius 1 is 0.977 bits per heavy atom. The summed E-state index contributed by atoms with van der Waals surface area (Å²) in [6.45, 7) is 15.3. The monoisotopic (exact) mass is 596 g/mol. The molecule has 6 nitrogen and oxygen atoms in total. The Morgan fingerprint density at radius 3 is 2.25 bits per heavy atom. The lowest BCUT2D eigenvalue weighted by Crippen LogP contribution is -2.52. The first-order chi connectivity index (χ1) is 20.7. The van der Waals surface area contributed by atoms with Crippen LogP contribution in [0.15, 0.2) is 72.8 Å². The zero-order chi connectivity index (χ0) is 32.0. The van der Waals surface area contributed by atoms with Crippen LogP contribution >= 0.6 is 0 Å². The van der Waals surface area contributed by atoms with Crippen LogP contribution in [0.4, 0.5) is 0 Å². The summed E-state index contributed by atoms with van der Waals surface area (Å²) in [4.78, 5) is 30.1. The van der Waals surface area contributed by atoms with Gasteiger partial charge in [-0.05, 0) is 58.9 Å². The van der Waals surface area contributed by atoms with Gasteiger partial charge in [-0.15, -0.1) is 0 Å². The number of ether oxygens (including phenoxy) is 1. The van der Waals surface area contributed by atoms with Crippen LogP contribution in [0.1, 0.15) is 88.7 Å². The number of nitrogens with one attached hydrogen (secondary N) is 1. The van der Waals surface area contributed by atoms with Gasteiger partial charge in [0.25, 0.3) is 0 Å². The van der Waals surface area contributed by atoms with Crippen LogP contribution in [0.5, 0.6) is 5.75 Å². The van der Waals surface area contributed by atoms with Crippen LogP contribution < -0.4 is 10.1 Å². The van der Waals surface area contributed by atoms with Crippen molar-refractivity contribution in [2.75, 3.05) is 7.11 Å². The van der Waals surface area contributed by atoms with Gasteiger partial charge in [0.2, 0.25) is 5.91 Å². The number of nitrogens with zero attached hydrogens (tertiary/aromatic N) is 1. The van der Waals surface area contributed by atoms with E-state index >= 15 is 0 Å². The van der Waals surface area contributed by atoms with Gasteiger partial charge in [-0.1, -0.05) is 108 Å². The number of benzene rings is 3. The molecule has 0 aromatic heterocycles. The Hall–Kier alpha value is -3.64. The topological polar surface area (TPSA) is 78.9 Å². The molecule has 6 heteroatoms. The number of carboxylic acids is 1. The van der Waals surface area contributed by atoms with Gasteiger partial charge in [0, 0.05) is 24.1 Å². The van der Waals surface area contributed by atoms with Crippen molar-refractivity contribution in [2.45, 2.75) is 96.8 Å². The van der Waals surface area contributed by atoms with Crippen molar-refractivity contribution in [2.24, 2.45) is 11.3 Å². The fraction of sp³-hybridized carbons (Fsp3) is 0.474. The zero-order valence-corrected chi connectivity index (χ0v) is 27.5. The standard InChI is InChI=1S/C38H48N2O4/c1-36(2,3)27-18-19-29(44-8)26(22-27)23-39-31-30(37(4,5)6)33(34(41)42)40(32(31)25-15-10-9-11-16-25)35(43)38(7)21-20-24-14-12-13-17-28(24)38/h9-19,22,30-33,39H,20-21,23H2,1-8H3,(H,41,42)/t30-,31-,32-,33-,38?/m0/s1. The molecule has 0 radical (unpaired) electrons. The summed E-state index contributed by atoms with van der Waals surface area (Å²) in [5, 5.41) is 14.7. The van der Waals surface area contributed by atoms with Gasteiger partial charge in [-0.25, -0.2) is 4.79 Å². The third-order valence-corrected chi connectivity index (χ3v) is 9.95. The number of aliphatic carboxylic acids is 1. The third-order valence-electron chi connectivity index (χ3n) is 9.95. The highest BCUT2D eigenvalue weighted by Crippen LogP contribution is 2.51. The predicted octanol–water partition coefficient (Wildman–Crippen LogP) is 7.05. The van der Waals surface area contributed by atoms with Crippen molar-refractivity contribution in [1.29, 1.82) is 0 Å². The number of rotatable bonds is 7. The van der Waals surface area contributed by atoms with Crippen LogP contribution in [0, 0.1) is 11.3 Å². The molecule has 1 amide bonds. The molecule has 0 spiro atoms. The number of fused-ring (bicyclic) bond motifs is 1. The number of aryl methyl sites for hydroxylation is 1. The molecule has 1 unspecified atom stereocenters. The largest absolute Gasteiger partial charge is 0.496 e. The number of hydrogen-bond acceptors (Lipinski definition) is 4. The molecule has 1 aliphatic heterocycles. The smallest absolute Gasteiger partial charge is 0.326 e. The number of carbonyl (C=O) groups excluding carboxylic acids is 1. The van der Waals surface area contributed by atoms with Crippen molar-refractivity contribution in [3.63, 3.8) is 0 Å². The molecule has 1 heterocycles. The molecule has 2 aliphatic rings. The number of methoxy groups -OCH3 is 1. The zero-order valence-electron chi connectivity index (χ0n) is 27.5. The van der Waals surface area contributed by atoms with Crippen molar-refractivity contribution in [1.82, 2.24) is 10.2 Å². The number of carboxylic acid groups (broad SMARTS) is 1. The Labute approximate surface area is 262 Å². The van der Waals surface area contributed by atoms with Gasteiger partial charge in [0.15, 0.2) is 0 Å². The molecule has 3 aromatic carbocycles. The second-order valence-electron chi connectivity index (χ2n) is 14.9. The summed E-state index contributed by atoms with van der Waals surface area (Å²) in [6, 6.07) is 22.5. The molecule has 1 aliphatic carbocycles. The minimum Gasteiger partial charge on any atom is -0.496 e. The lowest BCUT2D eigenvalue weighted by atomic mass is 9.72. The van der Waals surface area contributed by atoms with Gasteiger partial charge in [0.1, 0.15) is 11.8 Å². The van der Waals surface area contributed by atoms with Gasteiger partial charge in [-0.2, -0.15) is 0 Å². The molecule has 44 heavy (non-hydrogen) atoms. The van der Waals surface area contributed by atoms with Gasteiger partial charge < -0.3 is 20.1 Å². The van der Waals surface area contributed by atoms with Crippen molar-refractivity contribution in [3.05, 3.63) is 101 Å². The molecule has 234 valence electrons. The van der Waals surface area contributed by atoms with Crippen molar-refractivity contribution >= 4 is 11.9 Å². The highest BCUT2D eigenvalue weighted by molar-refractivity contribution is 5.93. The van der Waals surface area contributed by atoms with E-state index in [1.165, 1.54) is 11.1 Å². The summed E-state index contributed by atoms with van der Waals surface area (Å²) in [7, 11) is 1.68. The lowest BCUT2D eigenvalue weighted by Gasteiger charge is -2.37. The lowest BCUT2D eigenvalue weighted by molar-refractivity contribution is -0.154. The molecule has 2 N–H and O–H groups in total. The van der Waals surface area contributed by atoms with Crippen LogP contribution in [0.2, 0.25) is 0 Å². The minimum absolute atomic E-state index is 0.0421. The number of amides is 1. The summed E-state index contributed by atoms with van der Waals surface area (Å²) in [5.41, 5.74) is 4.04. The van der Waals surface area contributed by atoms with Crippen molar-refractivity contribution < 1.29 is 19.4 Å². The Bertz CT molecular complexity index is 1520. The maximum Gasteiger partial charge on any atom is 0.326 e. The molecule has 5 rings (SSSR count). The molecular weight excluding hydrogens is 548 g/mol. The van der Waals surface area contributed by atoms with E-state index in [4.69, 9.17) is 4.74 Å². The molecular formula is C38H48N2O4.